The standard InChI is InChI=1S/C28H31FN6OS/c1-4-35-17-25(27(36)32-31-19(2)20-5-8-22(29)9-6-20)24-15-21(7-10-26(24)35)28-30-23(18-37-28)16-34-13-11-33(3)12-14-34/h5-10,15,17-18H,4,11-14,16H2,1-3H3,(H,32,36)/b31-19+. The maximum absolute atomic E-state index is 13.2. The van der Waals surface area contributed by atoms with Crippen molar-refractivity contribution < 1.29 is 9.18 Å². The van der Waals surface area contributed by atoms with Crippen molar-refractivity contribution in [3.63, 3.8) is 0 Å². The number of aryl methyl sites for hydroxylation is 1. The number of piperazine rings is 1. The van der Waals surface area contributed by atoms with E-state index in [4.69, 9.17) is 4.98 Å². The second kappa shape index (κ2) is 10.9. The van der Waals surface area contributed by atoms with Crippen molar-refractivity contribution in [3.05, 3.63) is 76.7 Å². The molecule has 0 bridgehead atoms. The summed E-state index contributed by atoms with van der Waals surface area (Å²) >= 11 is 1.64. The topological polar surface area (TPSA) is 65.8 Å². The Kier molecular flexibility index (Phi) is 7.45. The van der Waals surface area contributed by atoms with Gasteiger partial charge in [-0.15, -0.1) is 11.3 Å². The van der Waals surface area contributed by atoms with Crippen LogP contribution in [0.4, 0.5) is 4.39 Å². The van der Waals surface area contributed by atoms with Crippen molar-refractivity contribution in [1.29, 1.82) is 0 Å². The molecule has 4 aromatic rings. The lowest BCUT2D eigenvalue weighted by atomic mass is 10.1. The molecule has 192 valence electrons. The van der Waals surface area contributed by atoms with E-state index in [0.717, 1.165) is 72.0 Å². The zero-order valence-electron chi connectivity index (χ0n) is 21.4. The fourth-order valence-corrected chi connectivity index (χ4v) is 5.38. The molecule has 37 heavy (non-hydrogen) atoms. The summed E-state index contributed by atoms with van der Waals surface area (Å²) in [6.07, 6.45) is 1.87. The first-order chi connectivity index (χ1) is 17.9. The highest BCUT2D eigenvalue weighted by Gasteiger charge is 2.18. The van der Waals surface area contributed by atoms with Crippen molar-refractivity contribution in [3.8, 4) is 10.6 Å². The van der Waals surface area contributed by atoms with Crippen molar-refractivity contribution in [2.45, 2.75) is 26.9 Å². The maximum Gasteiger partial charge on any atom is 0.273 e. The first-order valence-electron chi connectivity index (χ1n) is 12.5. The number of rotatable bonds is 7. The fraction of sp³-hybridized carbons (Fsp3) is 0.321. The van der Waals surface area contributed by atoms with Gasteiger partial charge in [-0.2, -0.15) is 5.10 Å². The average molecular weight is 519 g/mol. The summed E-state index contributed by atoms with van der Waals surface area (Å²) in [6.45, 7) is 9.72. The van der Waals surface area contributed by atoms with Gasteiger partial charge in [-0.05, 0) is 56.8 Å². The van der Waals surface area contributed by atoms with Crippen molar-refractivity contribution >= 4 is 33.9 Å². The minimum atomic E-state index is -0.310. The van der Waals surface area contributed by atoms with Gasteiger partial charge in [-0.25, -0.2) is 14.8 Å². The van der Waals surface area contributed by atoms with Gasteiger partial charge in [0.1, 0.15) is 10.8 Å². The summed E-state index contributed by atoms with van der Waals surface area (Å²) in [5.41, 5.74) is 7.65. The van der Waals surface area contributed by atoms with E-state index in [2.05, 4.69) is 56.4 Å². The van der Waals surface area contributed by atoms with Gasteiger partial charge in [-0.3, -0.25) is 9.69 Å². The normalized spacial score (nSPS) is 15.4. The Morgan fingerprint density at radius 1 is 1.14 bits per heavy atom. The van der Waals surface area contributed by atoms with Crippen LogP contribution < -0.4 is 5.43 Å². The zero-order valence-corrected chi connectivity index (χ0v) is 22.2. The number of nitrogens with zero attached hydrogens (tertiary/aromatic N) is 5. The second-order valence-electron chi connectivity index (χ2n) is 9.43. The van der Waals surface area contributed by atoms with Gasteiger partial charge in [0, 0.05) is 67.3 Å². The largest absolute Gasteiger partial charge is 0.347 e. The molecule has 1 fully saturated rings. The molecule has 1 amide bonds. The highest BCUT2D eigenvalue weighted by atomic mass is 32.1. The van der Waals surface area contributed by atoms with E-state index in [1.165, 1.54) is 12.1 Å². The monoisotopic (exact) mass is 518 g/mol. The molecule has 0 atom stereocenters. The number of aromatic nitrogens is 2. The number of amides is 1. The first kappa shape index (κ1) is 25.3. The number of likely N-dealkylation sites (N-methyl/N-ethyl adjacent to an activating group) is 1. The number of hydrogen-bond acceptors (Lipinski definition) is 6. The molecule has 0 unspecified atom stereocenters. The Labute approximate surface area is 220 Å². The van der Waals surface area contributed by atoms with E-state index in [1.54, 1.807) is 30.4 Å². The van der Waals surface area contributed by atoms with Crippen molar-refractivity contribution in [2.24, 2.45) is 5.10 Å². The smallest absolute Gasteiger partial charge is 0.273 e. The summed E-state index contributed by atoms with van der Waals surface area (Å²) in [5.74, 6) is -0.596. The van der Waals surface area contributed by atoms with Crippen LogP contribution in [-0.2, 0) is 13.1 Å². The van der Waals surface area contributed by atoms with Gasteiger partial charge in [0.05, 0.1) is 17.0 Å². The lowest BCUT2D eigenvalue weighted by Crippen LogP contribution is -2.43. The van der Waals surface area contributed by atoms with Gasteiger partial charge < -0.3 is 9.47 Å². The Morgan fingerprint density at radius 3 is 2.62 bits per heavy atom. The third-order valence-electron chi connectivity index (χ3n) is 6.83. The molecule has 0 aliphatic carbocycles. The third-order valence-corrected chi connectivity index (χ3v) is 7.77. The van der Waals surface area contributed by atoms with E-state index in [9.17, 15) is 9.18 Å². The molecule has 1 aliphatic heterocycles. The number of fused-ring (bicyclic) bond motifs is 1. The Bertz CT molecular complexity index is 1430. The van der Waals surface area contributed by atoms with Crippen LogP contribution in [0.1, 0.15) is 35.5 Å². The molecule has 7 nitrogen and oxygen atoms in total. The van der Waals surface area contributed by atoms with Gasteiger partial charge in [-0.1, -0.05) is 12.1 Å². The van der Waals surface area contributed by atoms with Crippen LogP contribution in [0, 0.1) is 5.82 Å². The summed E-state index contributed by atoms with van der Waals surface area (Å²) < 4.78 is 15.3. The van der Waals surface area contributed by atoms with Crippen molar-refractivity contribution in [2.75, 3.05) is 33.2 Å². The quantitative estimate of drug-likeness (QED) is 0.281. The van der Waals surface area contributed by atoms with Gasteiger partial charge in [0.25, 0.3) is 5.91 Å². The van der Waals surface area contributed by atoms with Crippen LogP contribution in [0.5, 0.6) is 0 Å². The molecule has 3 heterocycles. The number of nitrogens with one attached hydrogen (secondary N) is 1. The molecule has 2 aromatic carbocycles. The SMILES string of the molecule is CCn1cc(C(=O)N/N=C(\C)c2ccc(F)cc2)c2cc(-c3nc(CN4CCN(C)CC4)cs3)ccc21. The lowest BCUT2D eigenvalue weighted by Gasteiger charge is -2.31. The second-order valence-corrected chi connectivity index (χ2v) is 10.3. The summed E-state index contributed by atoms with van der Waals surface area (Å²) in [7, 11) is 2.16. The molecule has 0 radical (unpaired) electrons. The molecule has 9 heteroatoms. The predicted molar refractivity (Wildman–Crippen MR) is 148 cm³/mol. The number of thiazole rings is 1. The van der Waals surface area contributed by atoms with Gasteiger partial charge >= 0.3 is 0 Å². The number of halogens is 1. The minimum Gasteiger partial charge on any atom is -0.347 e. The summed E-state index contributed by atoms with van der Waals surface area (Å²) in [5, 5.41) is 8.20. The van der Waals surface area contributed by atoms with Crippen molar-refractivity contribution in [1.82, 2.24) is 24.8 Å². The number of carbonyl (C=O) groups is 1. The first-order valence-corrected chi connectivity index (χ1v) is 13.4. The Morgan fingerprint density at radius 2 is 1.89 bits per heavy atom. The zero-order chi connectivity index (χ0) is 25.9. The van der Waals surface area contributed by atoms with Crippen LogP contribution in [0.25, 0.3) is 21.5 Å². The number of carbonyl (C=O) groups excluding carboxylic acids is 1. The molecule has 5 rings (SSSR count). The van der Waals surface area contributed by atoms with E-state index >= 15 is 0 Å². The lowest BCUT2D eigenvalue weighted by molar-refractivity contribution is 0.0956. The summed E-state index contributed by atoms with van der Waals surface area (Å²) in [4.78, 5) is 22.9. The molecule has 1 N–H and O–H groups in total. The minimum absolute atomic E-state index is 0.286. The highest BCUT2D eigenvalue weighted by Crippen LogP contribution is 2.30. The van der Waals surface area contributed by atoms with Crippen LogP contribution in [0.15, 0.2) is 59.1 Å². The molecule has 1 aliphatic rings. The third kappa shape index (κ3) is 5.64. The molecule has 2 aromatic heterocycles. The van der Waals surface area contributed by atoms with Gasteiger partial charge in [0.15, 0.2) is 0 Å². The van der Waals surface area contributed by atoms with Gasteiger partial charge in [0.2, 0.25) is 0 Å². The number of hydrazone groups is 1. The van der Waals surface area contributed by atoms with Crippen LogP contribution in [0.2, 0.25) is 0 Å². The van der Waals surface area contributed by atoms with E-state index in [-0.39, 0.29) is 11.7 Å². The Hall–Kier alpha value is -3.40. The van der Waals surface area contributed by atoms with E-state index in [1.807, 2.05) is 12.3 Å². The maximum atomic E-state index is 13.2. The summed E-state index contributed by atoms with van der Waals surface area (Å²) in [6, 6.07) is 12.2. The number of benzene rings is 2. The highest BCUT2D eigenvalue weighted by molar-refractivity contribution is 7.13. The van der Waals surface area contributed by atoms with Crippen LogP contribution in [-0.4, -0.2) is 64.2 Å². The van der Waals surface area contributed by atoms with E-state index in [0.29, 0.717) is 11.3 Å². The van der Waals surface area contributed by atoms with E-state index < -0.39 is 0 Å². The van der Waals surface area contributed by atoms with Crippen LogP contribution >= 0.6 is 11.3 Å². The predicted octanol–water partition coefficient (Wildman–Crippen LogP) is 4.83. The molecule has 1 saturated heterocycles. The number of hydrogen-bond donors (Lipinski definition) is 1. The molecular weight excluding hydrogens is 487 g/mol. The molecular formula is C28H31FN6OS. The Balaban J connectivity index is 1.37. The average Bonchev–Trinajstić information content (AvgIpc) is 3.53. The fourth-order valence-electron chi connectivity index (χ4n) is 4.57. The van der Waals surface area contributed by atoms with Crippen LogP contribution in [0.3, 0.4) is 0 Å². The molecule has 0 saturated carbocycles. The molecule has 0 spiro atoms.